The number of benzene rings is 2. The van der Waals surface area contributed by atoms with Crippen molar-refractivity contribution in [2.75, 3.05) is 26.2 Å². The molecule has 0 spiro atoms. The first-order valence-electron chi connectivity index (χ1n) is 8.34. The number of carbonyl (C=O) groups is 1. The first-order valence-corrected chi connectivity index (χ1v) is 10.6. The summed E-state index contributed by atoms with van der Waals surface area (Å²) in [6.45, 7) is 0.986. The summed E-state index contributed by atoms with van der Waals surface area (Å²) in [7, 11) is -3.55. The molecule has 0 bridgehead atoms. The topological polar surface area (TPSA) is 57.7 Å². The highest BCUT2D eigenvalue weighted by Crippen LogP contribution is 2.21. The van der Waals surface area contributed by atoms with Crippen molar-refractivity contribution in [1.82, 2.24) is 9.21 Å². The van der Waals surface area contributed by atoms with Gasteiger partial charge in [0, 0.05) is 36.1 Å². The van der Waals surface area contributed by atoms with Crippen molar-refractivity contribution < 1.29 is 17.6 Å². The molecule has 1 aliphatic rings. The second-order valence-electron chi connectivity index (χ2n) is 6.07. The fourth-order valence-corrected chi connectivity index (χ4v) is 4.49. The lowest BCUT2D eigenvalue weighted by Crippen LogP contribution is -2.50. The average Bonchev–Trinajstić information content (AvgIpc) is 2.67. The molecule has 1 aliphatic heterocycles. The molecule has 0 radical (unpaired) electrons. The predicted molar refractivity (Wildman–Crippen MR) is 106 cm³/mol. The Morgan fingerprint density at radius 1 is 1.04 bits per heavy atom. The molecule has 0 N–H and O–H groups in total. The van der Waals surface area contributed by atoms with E-state index in [2.05, 4.69) is 15.9 Å². The third-order valence-electron chi connectivity index (χ3n) is 4.28. The summed E-state index contributed by atoms with van der Waals surface area (Å²) < 4.78 is 39.9. The molecule has 1 heterocycles. The highest BCUT2D eigenvalue weighted by Gasteiger charge is 2.28. The molecule has 0 aliphatic carbocycles. The van der Waals surface area contributed by atoms with Gasteiger partial charge in [0.05, 0.1) is 5.56 Å². The van der Waals surface area contributed by atoms with Crippen LogP contribution in [0.1, 0.15) is 15.9 Å². The lowest BCUT2D eigenvalue weighted by molar-refractivity contribution is 0.0697. The van der Waals surface area contributed by atoms with Crippen LogP contribution in [0.15, 0.2) is 58.4 Å². The van der Waals surface area contributed by atoms with Gasteiger partial charge in [0.15, 0.2) is 0 Å². The van der Waals surface area contributed by atoms with Gasteiger partial charge in [-0.1, -0.05) is 30.3 Å². The van der Waals surface area contributed by atoms with Gasteiger partial charge in [-0.2, -0.15) is 4.31 Å². The molecule has 0 aromatic heterocycles. The van der Waals surface area contributed by atoms with Crippen molar-refractivity contribution in [2.45, 2.75) is 0 Å². The summed E-state index contributed by atoms with van der Waals surface area (Å²) in [4.78, 5) is 14.2. The number of nitrogens with zero attached hydrogens (tertiary/aromatic N) is 2. The van der Waals surface area contributed by atoms with Gasteiger partial charge in [-0.3, -0.25) is 4.79 Å². The Morgan fingerprint density at radius 2 is 1.70 bits per heavy atom. The highest BCUT2D eigenvalue weighted by atomic mass is 79.9. The number of piperazine rings is 1. The first kappa shape index (κ1) is 19.7. The summed E-state index contributed by atoms with van der Waals surface area (Å²) in [5.41, 5.74) is 1.16. The van der Waals surface area contributed by atoms with Crippen LogP contribution < -0.4 is 0 Å². The Morgan fingerprint density at radius 3 is 2.33 bits per heavy atom. The van der Waals surface area contributed by atoms with E-state index < -0.39 is 15.8 Å². The molecular formula is C19H18BrFN2O3S. The van der Waals surface area contributed by atoms with Crippen molar-refractivity contribution in [1.29, 1.82) is 0 Å². The van der Waals surface area contributed by atoms with Crippen molar-refractivity contribution in [3.05, 3.63) is 75.4 Å². The normalized spacial score (nSPS) is 16.0. The minimum Gasteiger partial charge on any atom is -0.336 e. The second-order valence-corrected chi connectivity index (χ2v) is 8.75. The number of halogens is 2. The van der Waals surface area contributed by atoms with E-state index in [1.807, 2.05) is 30.3 Å². The molecule has 3 rings (SSSR count). The summed E-state index contributed by atoms with van der Waals surface area (Å²) >= 11 is 3.20. The Bertz CT molecular complexity index is 956. The van der Waals surface area contributed by atoms with Crippen LogP contribution in [0.5, 0.6) is 0 Å². The van der Waals surface area contributed by atoms with E-state index in [4.69, 9.17) is 0 Å². The average molecular weight is 453 g/mol. The Kier molecular flexibility index (Phi) is 6.08. The third kappa shape index (κ3) is 4.82. The van der Waals surface area contributed by atoms with Crippen LogP contribution in [0.3, 0.4) is 0 Å². The SMILES string of the molecule is O=C(c1ccc(F)cc1Br)N1CCN(S(=O)(=O)/C=C/c2ccccc2)CC1. The van der Waals surface area contributed by atoms with E-state index in [9.17, 15) is 17.6 Å². The standard InChI is InChI=1S/C19H18BrFN2O3S/c20-18-14-16(21)6-7-17(18)19(24)22-9-11-23(12-10-22)27(25,26)13-8-15-4-2-1-3-5-15/h1-8,13-14H,9-12H2/b13-8+. The quantitative estimate of drug-likeness (QED) is 0.714. The molecule has 0 atom stereocenters. The molecule has 5 nitrogen and oxygen atoms in total. The molecule has 2 aromatic carbocycles. The lowest BCUT2D eigenvalue weighted by atomic mass is 10.2. The minimum atomic E-state index is -3.55. The van der Waals surface area contributed by atoms with E-state index in [1.165, 1.54) is 27.9 Å². The fourth-order valence-electron chi connectivity index (χ4n) is 2.79. The number of rotatable bonds is 4. The van der Waals surface area contributed by atoms with Gasteiger partial charge >= 0.3 is 0 Å². The first-order chi connectivity index (χ1) is 12.9. The summed E-state index contributed by atoms with van der Waals surface area (Å²) in [5.74, 6) is -0.682. The second kappa shape index (κ2) is 8.33. The monoisotopic (exact) mass is 452 g/mol. The fraction of sp³-hybridized carbons (Fsp3) is 0.211. The molecule has 0 saturated carbocycles. The smallest absolute Gasteiger partial charge is 0.255 e. The third-order valence-corrected chi connectivity index (χ3v) is 6.50. The molecule has 8 heteroatoms. The van der Waals surface area contributed by atoms with Gasteiger partial charge < -0.3 is 4.90 Å². The van der Waals surface area contributed by atoms with Crippen molar-refractivity contribution in [3.63, 3.8) is 0 Å². The Hall–Kier alpha value is -2.03. The minimum absolute atomic E-state index is 0.214. The maximum atomic E-state index is 13.2. The molecular weight excluding hydrogens is 435 g/mol. The van der Waals surface area contributed by atoms with E-state index >= 15 is 0 Å². The van der Waals surface area contributed by atoms with Gasteiger partial charge in [-0.05, 0) is 45.8 Å². The van der Waals surface area contributed by atoms with Crippen molar-refractivity contribution >= 4 is 37.9 Å². The molecule has 0 unspecified atom stereocenters. The summed E-state index contributed by atoms with van der Waals surface area (Å²) in [5, 5.41) is 1.19. The predicted octanol–water partition coefficient (Wildman–Crippen LogP) is 3.35. The van der Waals surface area contributed by atoms with E-state index in [-0.39, 0.29) is 32.1 Å². The van der Waals surface area contributed by atoms with Crippen LogP contribution in [-0.2, 0) is 10.0 Å². The number of hydrogen-bond acceptors (Lipinski definition) is 3. The van der Waals surface area contributed by atoms with Crippen molar-refractivity contribution in [3.8, 4) is 0 Å². The largest absolute Gasteiger partial charge is 0.336 e. The summed E-state index contributed by atoms with van der Waals surface area (Å²) in [6.07, 6.45) is 1.56. The zero-order valence-corrected chi connectivity index (χ0v) is 16.8. The van der Waals surface area contributed by atoms with E-state index in [0.29, 0.717) is 10.0 Å². The number of carbonyl (C=O) groups excluding carboxylic acids is 1. The molecule has 2 aromatic rings. The van der Waals surface area contributed by atoms with Crippen LogP contribution in [0.25, 0.3) is 6.08 Å². The Labute approximate surface area is 166 Å². The van der Waals surface area contributed by atoms with Gasteiger partial charge in [-0.25, -0.2) is 12.8 Å². The van der Waals surface area contributed by atoms with Crippen LogP contribution in [-0.4, -0.2) is 49.7 Å². The van der Waals surface area contributed by atoms with Crippen LogP contribution in [0, 0.1) is 5.82 Å². The van der Waals surface area contributed by atoms with Crippen LogP contribution >= 0.6 is 15.9 Å². The maximum absolute atomic E-state index is 13.2. The zero-order valence-electron chi connectivity index (χ0n) is 14.4. The maximum Gasteiger partial charge on any atom is 0.255 e. The van der Waals surface area contributed by atoms with Gasteiger partial charge in [-0.15, -0.1) is 0 Å². The number of amides is 1. The number of hydrogen-bond donors (Lipinski definition) is 0. The molecule has 1 fully saturated rings. The summed E-state index contributed by atoms with van der Waals surface area (Å²) in [6, 6.07) is 13.1. The molecule has 142 valence electrons. The van der Waals surface area contributed by atoms with Gasteiger partial charge in [0.1, 0.15) is 5.82 Å². The van der Waals surface area contributed by atoms with E-state index in [0.717, 1.165) is 5.56 Å². The van der Waals surface area contributed by atoms with Crippen LogP contribution in [0.2, 0.25) is 0 Å². The van der Waals surface area contributed by atoms with Gasteiger partial charge in [0.25, 0.3) is 5.91 Å². The molecule has 27 heavy (non-hydrogen) atoms. The Balaban J connectivity index is 1.64. The van der Waals surface area contributed by atoms with Gasteiger partial charge in [0.2, 0.25) is 10.0 Å². The van der Waals surface area contributed by atoms with E-state index in [1.54, 1.807) is 11.0 Å². The molecule has 1 saturated heterocycles. The number of sulfonamides is 1. The lowest BCUT2D eigenvalue weighted by Gasteiger charge is -2.33. The highest BCUT2D eigenvalue weighted by molar-refractivity contribution is 9.10. The molecule has 1 amide bonds. The van der Waals surface area contributed by atoms with Crippen LogP contribution in [0.4, 0.5) is 4.39 Å². The van der Waals surface area contributed by atoms with Crippen molar-refractivity contribution in [2.24, 2.45) is 0 Å². The zero-order chi connectivity index (χ0) is 19.4.